The van der Waals surface area contributed by atoms with Gasteiger partial charge >= 0.3 is 0 Å². The van der Waals surface area contributed by atoms with E-state index < -0.39 is 0 Å². The molecule has 26 heavy (non-hydrogen) atoms. The minimum absolute atomic E-state index is 0.750. The summed E-state index contributed by atoms with van der Waals surface area (Å²) in [6.45, 7) is 7.77. The molecule has 0 unspecified atom stereocenters. The number of carbonyl (C=O) groups is 1. The molecule has 0 radical (unpaired) electrons. The van der Waals surface area contributed by atoms with Crippen LogP contribution in [0, 0.1) is 20.8 Å². The predicted molar refractivity (Wildman–Crippen MR) is 109 cm³/mol. The number of aryl methyl sites for hydroxylation is 3. The number of hydrogen-bond donors (Lipinski definition) is 0. The van der Waals surface area contributed by atoms with Crippen LogP contribution in [0.4, 0.5) is 5.69 Å². The van der Waals surface area contributed by atoms with Crippen LogP contribution in [0.2, 0.25) is 0 Å². The van der Waals surface area contributed by atoms with Crippen LogP contribution in [0.5, 0.6) is 0 Å². The second-order valence-electron chi connectivity index (χ2n) is 6.99. The van der Waals surface area contributed by atoms with Gasteiger partial charge < -0.3 is 4.90 Å². The normalized spacial score (nSPS) is 10.6. The fourth-order valence-corrected chi connectivity index (χ4v) is 3.02. The minimum atomic E-state index is 0.750. The topological polar surface area (TPSA) is 20.3 Å². The first-order valence-electron chi connectivity index (χ1n) is 8.97. The van der Waals surface area contributed by atoms with E-state index >= 15 is 0 Å². The standard InChI is InChI=1S/C24H25NO/c1-18-4-9-21(10-5-18)15-25(16-22-11-6-19(2)7-12-22)24-13-8-20(3)23(14-24)17-26/h4-14,17H,15-16H2,1-3H3. The summed E-state index contributed by atoms with van der Waals surface area (Å²) in [4.78, 5) is 13.7. The molecule has 3 aromatic rings. The largest absolute Gasteiger partial charge is 0.363 e. The molecule has 0 spiro atoms. The second kappa shape index (κ2) is 8.01. The Labute approximate surface area is 156 Å². The molecule has 0 N–H and O–H groups in total. The molecular formula is C24H25NO. The molecule has 0 aliphatic carbocycles. The van der Waals surface area contributed by atoms with Crippen molar-refractivity contribution in [2.75, 3.05) is 4.90 Å². The van der Waals surface area contributed by atoms with Crippen molar-refractivity contribution >= 4 is 12.0 Å². The number of benzene rings is 3. The average molecular weight is 343 g/mol. The van der Waals surface area contributed by atoms with E-state index in [0.717, 1.165) is 36.2 Å². The first kappa shape index (κ1) is 17.9. The zero-order chi connectivity index (χ0) is 18.5. The van der Waals surface area contributed by atoms with Gasteiger partial charge in [0.15, 0.2) is 0 Å². The maximum absolute atomic E-state index is 11.4. The third-order valence-electron chi connectivity index (χ3n) is 4.74. The lowest BCUT2D eigenvalue weighted by molar-refractivity contribution is 0.112. The van der Waals surface area contributed by atoms with Gasteiger partial charge in [-0.15, -0.1) is 0 Å². The van der Waals surface area contributed by atoms with Crippen LogP contribution in [0.25, 0.3) is 0 Å². The summed E-state index contributed by atoms with van der Waals surface area (Å²) in [5.74, 6) is 0. The third kappa shape index (κ3) is 4.40. The highest BCUT2D eigenvalue weighted by Gasteiger charge is 2.11. The predicted octanol–water partition coefficient (Wildman–Crippen LogP) is 5.63. The van der Waals surface area contributed by atoms with Crippen LogP contribution < -0.4 is 4.90 Å². The molecule has 0 saturated carbocycles. The zero-order valence-electron chi connectivity index (χ0n) is 15.7. The van der Waals surface area contributed by atoms with Crippen molar-refractivity contribution in [1.82, 2.24) is 0 Å². The minimum Gasteiger partial charge on any atom is -0.363 e. The molecule has 0 atom stereocenters. The van der Waals surface area contributed by atoms with Gasteiger partial charge in [-0.25, -0.2) is 0 Å². The zero-order valence-corrected chi connectivity index (χ0v) is 15.7. The highest BCUT2D eigenvalue weighted by Crippen LogP contribution is 2.23. The third-order valence-corrected chi connectivity index (χ3v) is 4.74. The van der Waals surface area contributed by atoms with E-state index in [0.29, 0.717) is 0 Å². The van der Waals surface area contributed by atoms with Crippen LogP contribution in [-0.4, -0.2) is 6.29 Å². The maximum atomic E-state index is 11.4. The van der Waals surface area contributed by atoms with Gasteiger partial charge in [0, 0.05) is 24.3 Å². The number of carbonyl (C=O) groups excluding carboxylic acids is 1. The average Bonchev–Trinajstić information content (AvgIpc) is 2.65. The first-order chi connectivity index (χ1) is 12.5. The Morgan fingerprint density at radius 1 is 0.731 bits per heavy atom. The monoisotopic (exact) mass is 343 g/mol. The second-order valence-corrected chi connectivity index (χ2v) is 6.99. The SMILES string of the molecule is Cc1ccc(CN(Cc2ccc(C)cc2)c2ccc(C)c(C=O)c2)cc1. The highest BCUT2D eigenvalue weighted by atomic mass is 16.1. The molecule has 0 fully saturated rings. The van der Waals surface area contributed by atoms with Crippen molar-refractivity contribution in [3.05, 3.63) is 100 Å². The van der Waals surface area contributed by atoms with Crippen LogP contribution in [0.15, 0.2) is 66.7 Å². The molecular weight excluding hydrogens is 318 g/mol. The lowest BCUT2D eigenvalue weighted by atomic mass is 10.1. The Balaban J connectivity index is 1.93. The Bertz CT molecular complexity index is 832. The van der Waals surface area contributed by atoms with Crippen LogP contribution >= 0.6 is 0 Å². The smallest absolute Gasteiger partial charge is 0.150 e. The van der Waals surface area contributed by atoms with Crippen LogP contribution in [-0.2, 0) is 13.1 Å². The lowest BCUT2D eigenvalue weighted by Gasteiger charge is -2.26. The van der Waals surface area contributed by atoms with Crippen LogP contribution in [0.1, 0.15) is 38.2 Å². The fourth-order valence-electron chi connectivity index (χ4n) is 3.02. The summed E-state index contributed by atoms with van der Waals surface area (Å²) >= 11 is 0. The van der Waals surface area contributed by atoms with Crippen molar-refractivity contribution < 1.29 is 4.79 Å². The molecule has 2 nitrogen and oxygen atoms in total. The maximum Gasteiger partial charge on any atom is 0.150 e. The van der Waals surface area contributed by atoms with Gasteiger partial charge in [0.2, 0.25) is 0 Å². The van der Waals surface area contributed by atoms with E-state index in [1.54, 1.807) is 0 Å². The van der Waals surface area contributed by atoms with Gasteiger partial charge in [-0.1, -0.05) is 65.7 Å². The number of rotatable bonds is 6. The molecule has 0 saturated heterocycles. The van der Waals surface area contributed by atoms with Crippen molar-refractivity contribution in [3.8, 4) is 0 Å². The Morgan fingerprint density at radius 3 is 1.69 bits per heavy atom. The molecule has 0 aliphatic heterocycles. The van der Waals surface area contributed by atoms with Gasteiger partial charge in [0.05, 0.1) is 0 Å². The summed E-state index contributed by atoms with van der Waals surface area (Å²) in [6, 6.07) is 23.4. The van der Waals surface area contributed by atoms with Gasteiger partial charge in [0.25, 0.3) is 0 Å². The Kier molecular flexibility index (Phi) is 5.52. The Hall–Kier alpha value is -2.87. The van der Waals surface area contributed by atoms with Crippen LogP contribution in [0.3, 0.4) is 0 Å². The summed E-state index contributed by atoms with van der Waals surface area (Å²) in [6.07, 6.45) is 0.939. The fraction of sp³-hybridized carbons (Fsp3) is 0.208. The van der Waals surface area contributed by atoms with Gasteiger partial charge in [0.1, 0.15) is 6.29 Å². The molecule has 0 heterocycles. The first-order valence-corrected chi connectivity index (χ1v) is 8.97. The van der Waals surface area contributed by atoms with Gasteiger partial charge in [-0.05, 0) is 49.6 Å². The van der Waals surface area contributed by atoms with Crippen molar-refractivity contribution in [2.24, 2.45) is 0 Å². The number of hydrogen-bond acceptors (Lipinski definition) is 2. The summed E-state index contributed by atoms with van der Waals surface area (Å²) in [7, 11) is 0. The molecule has 0 aromatic heterocycles. The molecule has 3 rings (SSSR count). The number of aldehydes is 1. The molecule has 0 aliphatic rings. The van der Waals surface area contributed by atoms with E-state index in [2.05, 4.69) is 73.3 Å². The van der Waals surface area contributed by atoms with Gasteiger partial charge in [-0.3, -0.25) is 4.79 Å². The molecule has 132 valence electrons. The van der Waals surface area contributed by atoms with E-state index in [1.165, 1.54) is 22.3 Å². The molecule has 2 heteroatoms. The van der Waals surface area contributed by atoms with E-state index in [9.17, 15) is 4.79 Å². The Morgan fingerprint density at radius 2 is 1.23 bits per heavy atom. The lowest BCUT2D eigenvalue weighted by Crippen LogP contribution is -2.22. The summed E-state index contributed by atoms with van der Waals surface area (Å²) in [5, 5.41) is 0. The summed E-state index contributed by atoms with van der Waals surface area (Å²) < 4.78 is 0. The van der Waals surface area contributed by atoms with Gasteiger partial charge in [-0.2, -0.15) is 0 Å². The number of anilines is 1. The van der Waals surface area contributed by atoms with Crippen molar-refractivity contribution in [1.29, 1.82) is 0 Å². The van der Waals surface area contributed by atoms with E-state index in [-0.39, 0.29) is 0 Å². The highest BCUT2D eigenvalue weighted by molar-refractivity contribution is 5.79. The number of nitrogens with zero attached hydrogens (tertiary/aromatic N) is 1. The quantitative estimate of drug-likeness (QED) is 0.541. The van der Waals surface area contributed by atoms with Crippen molar-refractivity contribution in [3.63, 3.8) is 0 Å². The molecule has 0 amide bonds. The van der Waals surface area contributed by atoms with Crippen molar-refractivity contribution in [2.45, 2.75) is 33.9 Å². The van der Waals surface area contributed by atoms with E-state index in [4.69, 9.17) is 0 Å². The summed E-state index contributed by atoms with van der Waals surface area (Å²) in [5.41, 5.74) is 7.87. The van der Waals surface area contributed by atoms with E-state index in [1.807, 2.05) is 19.1 Å². The molecule has 3 aromatic carbocycles. The molecule has 0 bridgehead atoms.